The molecule has 0 heterocycles. The maximum absolute atomic E-state index is 12.1. The Bertz CT molecular complexity index is 426. The molecule has 1 unspecified atom stereocenters. The molecule has 0 aliphatic heterocycles. The molecule has 0 bridgehead atoms. The molecule has 2 N–H and O–H groups in total. The van der Waals surface area contributed by atoms with E-state index in [-0.39, 0.29) is 10.1 Å². The molecule has 0 fully saturated rings. The van der Waals surface area contributed by atoms with Crippen LogP contribution in [-0.2, 0) is 9.84 Å². The fourth-order valence-corrected chi connectivity index (χ4v) is 3.16. The maximum atomic E-state index is 12.1. The van der Waals surface area contributed by atoms with Crippen LogP contribution in [-0.4, -0.2) is 13.7 Å². The molecule has 1 aromatic rings. The van der Waals surface area contributed by atoms with Crippen LogP contribution in [0.5, 0.6) is 0 Å². The highest BCUT2D eigenvalue weighted by Gasteiger charge is 2.24. The lowest BCUT2D eigenvalue weighted by Crippen LogP contribution is -2.18. The molecule has 4 heteroatoms. The first-order chi connectivity index (χ1) is 7.00. The third-order valence-electron chi connectivity index (χ3n) is 2.45. The molecule has 0 aliphatic rings. The van der Waals surface area contributed by atoms with Crippen LogP contribution in [0.3, 0.4) is 0 Å². The highest BCUT2D eigenvalue weighted by atomic mass is 32.2. The molecular weight excluding hydrogens is 210 g/mol. The van der Waals surface area contributed by atoms with E-state index in [4.69, 9.17) is 5.73 Å². The van der Waals surface area contributed by atoms with Gasteiger partial charge in [0.15, 0.2) is 9.84 Å². The summed E-state index contributed by atoms with van der Waals surface area (Å²) < 4.78 is 24.1. The Balaban J connectivity index is 3.12. The molecule has 0 saturated heterocycles. The Kier molecular flexibility index (Phi) is 3.74. The minimum atomic E-state index is -3.26. The Hall–Kier alpha value is -1.03. The van der Waals surface area contributed by atoms with Gasteiger partial charge in [0.2, 0.25) is 0 Å². The third-order valence-corrected chi connectivity index (χ3v) is 4.73. The van der Waals surface area contributed by atoms with Gasteiger partial charge in [0.1, 0.15) is 0 Å². The van der Waals surface area contributed by atoms with Gasteiger partial charge >= 0.3 is 0 Å². The summed E-state index contributed by atoms with van der Waals surface area (Å²) in [7, 11) is -3.26. The van der Waals surface area contributed by atoms with E-state index in [0.29, 0.717) is 12.1 Å². The lowest BCUT2D eigenvalue weighted by atomic mass is 10.3. The molecule has 1 atom stereocenters. The van der Waals surface area contributed by atoms with Gasteiger partial charge in [-0.2, -0.15) is 0 Å². The first kappa shape index (κ1) is 12.0. The fourth-order valence-electron chi connectivity index (χ4n) is 1.52. The fraction of sp³-hybridized carbons (Fsp3) is 0.455. The minimum Gasteiger partial charge on any atom is -0.398 e. The van der Waals surface area contributed by atoms with Gasteiger partial charge < -0.3 is 5.73 Å². The summed E-state index contributed by atoms with van der Waals surface area (Å²) in [4.78, 5) is 0.256. The van der Waals surface area contributed by atoms with Crippen LogP contribution in [0, 0.1) is 0 Å². The second-order valence-corrected chi connectivity index (χ2v) is 6.02. The molecule has 1 rings (SSSR count). The molecule has 0 aliphatic carbocycles. The van der Waals surface area contributed by atoms with Gasteiger partial charge in [-0.05, 0) is 25.5 Å². The van der Waals surface area contributed by atoms with Crippen molar-refractivity contribution in [3.05, 3.63) is 24.3 Å². The van der Waals surface area contributed by atoms with E-state index in [1.807, 2.05) is 6.92 Å². The van der Waals surface area contributed by atoms with Crippen LogP contribution in [0.1, 0.15) is 26.7 Å². The van der Waals surface area contributed by atoms with Gasteiger partial charge in [-0.3, -0.25) is 0 Å². The van der Waals surface area contributed by atoms with Crippen molar-refractivity contribution in [1.82, 2.24) is 0 Å². The summed E-state index contributed by atoms with van der Waals surface area (Å²) in [6, 6.07) is 6.61. The normalized spacial score (nSPS) is 13.7. The highest BCUT2D eigenvalue weighted by molar-refractivity contribution is 7.92. The molecular formula is C11H17NO2S. The molecule has 0 saturated carbocycles. The van der Waals surface area contributed by atoms with Crippen LogP contribution < -0.4 is 5.73 Å². The van der Waals surface area contributed by atoms with Crippen LogP contribution in [0.4, 0.5) is 5.69 Å². The first-order valence-electron chi connectivity index (χ1n) is 5.08. The molecule has 0 amide bonds. The Morgan fingerprint density at radius 1 is 1.33 bits per heavy atom. The lowest BCUT2D eigenvalue weighted by Gasteiger charge is -2.13. The zero-order valence-corrected chi connectivity index (χ0v) is 9.92. The minimum absolute atomic E-state index is 0.256. The van der Waals surface area contributed by atoms with Gasteiger partial charge in [-0.1, -0.05) is 25.5 Å². The molecule has 0 aromatic heterocycles. The van der Waals surface area contributed by atoms with Gasteiger partial charge in [-0.25, -0.2) is 8.42 Å². The predicted octanol–water partition coefficient (Wildman–Crippen LogP) is 2.23. The summed E-state index contributed by atoms with van der Waals surface area (Å²) >= 11 is 0. The van der Waals surface area contributed by atoms with Crippen LogP contribution in [0.15, 0.2) is 29.2 Å². The van der Waals surface area contributed by atoms with E-state index in [1.165, 1.54) is 0 Å². The standard InChI is InChI=1S/C11H17NO2S/c1-3-6-9(2)15(13,14)11-8-5-4-7-10(11)12/h4-5,7-9H,3,6,12H2,1-2H3. The smallest absolute Gasteiger partial charge is 0.182 e. The Morgan fingerprint density at radius 3 is 2.47 bits per heavy atom. The summed E-state index contributed by atoms with van der Waals surface area (Å²) in [6.45, 7) is 3.70. The summed E-state index contributed by atoms with van der Waals surface area (Å²) in [5, 5.41) is -0.368. The number of sulfone groups is 1. The summed E-state index contributed by atoms with van der Waals surface area (Å²) in [5.41, 5.74) is 6.00. The first-order valence-corrected chi connectivity index (χ1v) is 6.63. The Morgan fingerprint density at radius 2 is 1.93 bits per heavy atom. The average Bonchev–Trinajstić information content (AvgIpc) is 2.18. The number of nitrogen functional groups attached to an aromatic ring is 1. The number of nitrogens with two attached hydrogens (primary N) is 1. The second kappa shape index (κ2) is 4.66. The van der Waals surface area contributed by atoms with Crippen molar-refractivity contribution in [2.24, 2.45) is 0 Å². The molecule has 0 radical (unpaired) electrons. The van der Waals surface area contributed by atoms with Crippen molar-refractivity contribution in [3.8, 4) is 0 Å². The van der Waals surface area contributed by atoms with Gasteiger partial charge in [0.25, 0.3) is 0 Å². The zero-order valence-electron chi connectivity index (χ0n) is 9.10. The molecule has 1 aromatic carbocycles. The van der Waals surface area contributed by atoms with Crippen LogP contribution in [0.2, 0.25) is 0 Å². The van der Waals surface area contributed by atoms with Crippen molar-refractivity contribution in [3.63, 3.8) is 0 Å². The third kappa shape index (κ3) is 2.50. The zero-order chi connectivity index (χ0) is 11.5. The number of hydrogen-bond acceptors (Lipinski definition) is 3. The SMILES string of the molecule is CCCC(C)S(=O)(=O)c1ccccc1N. The van der Waals surface area contributed by atoms with E-state index in [0.717, 1.165) is 6.42 Å². The summed E-state index contributed by atoms with van der Waals surface area (Å²) in [6.07, 6.45) is 1.52. The molecule has 3 nitrogen and oxygen atoms in total. The quantitative estimate of drug-likeness (QED) is 0.802. The van der Waals surface area contributed by atoms with Gasteiger partial charge in [0.05, 0.1) is 15.8 Å². The number of anilines is 1. The largest absolute Gasteiger partial charge is 0.398 e. The molecule has 15 heavy (non-hydrogen) atoms. The van der Waals surface area contributed by atoms with Crippen LogP contribution >= 0.6 is 0 Å². The van der Waals surface area contributed by atoms with E-state index in [2.05, 4.69) is 0 Å². The number of rotatable bonds is 4. The van der Waals surface area contributed by atoms with Crippen LogP contribution in [0.25, 0.3) is 0 Å². The monoisotopic (exact) mass is 227 g/mol. The number of hydrogen-bond donors (Lipinski definition) is 1. The highest BCUT2D eigenvalue weighted by Crippen LogP contribution is 2.23. The lowest BCUT2D eigenvalue weighted by molar-refractivity contribution is 0.576. The predicted molar refractivity (Wildman–Crippen MR) is 62.4 cm³/mol. The topological polar surface area (TPSA) is 60.2 Å². The molecule has 0 spiro atoms. The van der Waals surface area contributed by atoms with E-state index >= 15 is 0 Å². The Labute approximate surface area is 91.2 Å². The van der Waals surface area contributed by atoms with Gasteiger partial charge in [0, 0.05) is 0 Å². The van der Waals surface area contributed by atoms with E-state index in [9.17, 15) is 8.42 Å². The van der Waals surface area contributed by atoms with Crippen molar-refractivity contribution in [2.75, 3.05) is 5.73 Å². The van der Waals surface area contributed by atoms with E-state index < -0.39 is 9.84 Å². The number of para-hydroxylation sites is 1. The average molecular weight is 227 g/mol. The van der Waals surface area contributed by atoms with Crippen molar-refractivity contribution >= 4 is 15.5 Å². The summed E-state index contributed by atoms with van der Waals surface area (Å²) in [5.74, 6) is 0. The second-order valence-electron chi connectivity index (χ2n) is 3.68. The number of benzene rings is 1. The van der Waals surface area contributed by atoms with Crippen molar-refractivity contribution in [1.29, 1.82) is 0 Å². The molecule has 84 valence electrons. The van der Waals surface area contributed by atoms with Gasteiger partial charge in [-0.15, -0.1) is 0 Å². The van der Waals surface area contributed by atoms with Crippen molar-refractivity contribution in [2.45, 2.75) is 36.8 Å². The van der Waals surface area contributed by atoms with Crippen molar-refractivity contribution < 1.29 is 8.42 Å². The van der Waals surface area contributed by atoms with E-state index in [1.54, 1.807) is 31.2 Å². The maximum Gasteiger partial charge on any atom is 0.182 e.